The molecule has 1 aromatic heterocycles. The fourth-order valence-electron chi connectivity index (χ4n) is 2.54. The predicted octanol–water partition coefficient (Wildman–Crippen LogP) is 4.36. The van der Waals surface area contributed by atoms with Crippen LogP contribution in [0.5, 0.6) is 0 Å². The Morgan fingerprint density at radius 1 is 1.32 bits per heavy atom. The minimum atomic E-state index is -0.322. The van der Waals surface area contributed by atoms with E-state index in [-0.39, 0.29) is 11.9 Å². The van der Waals surface area contributed by atoms with E-state index in [9.17, 15) is 4.39 Å². The molecule has 1 aromatic carbocycles. The van der Waals surface area contributed by atoms with Gasteiger partial charge in [0.1, 0.15) is 5.82 Å². The summed E-state index contributed by atoms with van der Waals surface area (Å²) >= 11 is 6.05. The molecule has 1 aliphatic rings. The zero-order valence-electron chi connectivity index (χ0n) is 10.4. The zero-order chi connectivity index (χ0) is 13.2. The van der Waals surface area contributed by atoms with E-state index in [2.05, 4.69) is 16.4 Å². The van der Waals surface area contributed by atoms with Crippen molar-refractivity contribution in [3.63, 3.8) is 0 Å². The van der Waals surface area contributed by atoms with Crippen LogP contribution >= 0.6 is 11.6 Å². The third-order valence-electron chi connectivity index (χ3n) is 3.46. The first-order valence-electron chi connectivity index (χ1n) is 6.39. The molecule has 1 aliphatic carbocycles. The molecule has 0 bridgehead atoms. The average Bonchev–Trinajstić information content (AvgIpc) is 2.42. The van der Waals surface area contributed by atoms with E-state index in [0.29, 0.717) is 5.02 Å². The number of anilines is 1. The van der Waals surface area contributed by atoms with Crippen LogP contribution in [0.25, 0.3) is 0 Å². The minimum absolute atomic E-state index is 0.146. The summed E-state index contributed by atoms with van der Waals surface area (Å²) in [5.41, 5.74) is 3.12. The van der Waals surface area contributed by atoms with Crippen molar-refractivity contribution in [1.29, 1.82) is 0 Å². The highest BCUT2D eigenvalue weighted by atomic mass is 35.5. The zero-order valence-corrected chi connectivity index (χ0v) is 11.1. The molecular formula is C15H14ClFN2. The number of nitrogens with one attached hydrogen (secondary N) is 1. The van der Waals surface area contributed by atoms with Gasteiger partial charge in [0, 0.05) is 6.20 Å². The molecule has 0 aliphatic heterocycles. The van der Waals surface area contributed by atoms with Crippen molar-refractivity contribution in [2.45, 2.75) is 25.3 Å². The fraction of sp³-hybridized carbons (Fsp3) is 0.267. The lowest BCUT2D eigenvalue weighted by Crippen LogP contribution is -2.19. The Kier molecular flexibility index (Phi) is 3.38. The van der Waals surface area contributed by atoms with Crippen LogP contribution in [0.4, 0.5) is 10.1 Å². The average molecular weight is 277 g/mol. The number of pyridine rings is 1. The minimum Gasteiger partial charge on any atom is -0.375 e. The maximum Gasteiger partial charge on any atom is 0.124 e. The molecule has 19 heavy (non-hydrogen) atoms. The molecule has 0 saturated carbocycles. The van der Waals surface area contributed by atoms with Crippen LogP contribution in [0.15, 0.2) is 36.5 Å². The molecule has 2 nitrogen and oxygen atoms in total. The van der Waals surface area contributed by atoms with Crippen molar-refractivity contribution in [3.05, 3.63) is 58.6 Å². The normalized spacial score (nSPS) is 17.9. The summed E-state index contributed by atoms with van der Waals surface area (Å²) in [4.78, 5) is 4.46. The number of hydrogen-bond acceptors (Lipinski definition) is 2. The first-order valence-corrected chi connectivity index (χ1v) is 6.77. The lowest BCUT2D eigenvalue weighted by molar-refractivity contribution is 0.583. The van der Waals surface area contributed by atoms with E-state index in [1.165, 1.54) is 17.7 Å². The molecular weight excluding hydrogens is 263 g/mol. The Hall–Kier alpha value is -1.61. The Balaban J connectivity index is 1.88. The first-order chi connectivity index (χ1) is 9.24. The highest BCUT2D eigenvalue weighted by Crippen LogP contribution is 2.33. The van der Waals surface area contributed by atoms with Gasteiger partial charge in [0.05, 0.1) is 22.4 Å². The largest absolute Gasteiger partial charge is 0.375 e. The Bertz CT molecular complexity index is 600. The third-order valence-corrected chi connectivity index (χ3v) is 3.77. The molecule has 4 heteroatoms. The van der Waals surface area contributed by atoms with Crippen molar-refractivity contribution in [2.24, 2.45) is 0 Å². The molecule has 0 spiro atoms. The van der Waals surface area contributed by atoms with E-state index in [1.54, 1.807) is 6.07 Å². The second kappa shape index (κ2) is 5.17. The molecule has 98 valence electrons. The number of nitrogens with zero attached hydrogens (tertiary/aromatic N) is 1. The maximum absolute atomic E-state index is 13.0. The molecule has 3 rings (SSSR count). The van der Waals surface area contributed by atoms with Crippen LogP contribution in [0.1, 0.15) is 30.1 Å². The van der Waals surface area contributed by atoms with Crippen molar-refractivity contribution in [1.82, 2.24) is 4.98 Å². The number of rotatable bonds is 2. The van der Waals surface area contributed by atoms with Crippen LogP contribution in [-0.2, 0) is 6.42 Å². The van der Waals surface area contributed by atoms with E-state index in [4.69, 9.17) is 11.6 Å². The van der Waals surface area contributed by atoms with Gasteiger partial charge in [-0.15, -0.1) is 0 Å². The molecule has 2 aromatic rings. The van der Waals surface area contributed by atoms with Crippen LogP contribution in [0, 0.1) is 5.82 Å². The number of aryl methyl sites for hydroxylation is 1. The molecule has 0 amide bonds. The fourth-order valence-corrected chi connectivity index (χ4v) is 2.77. The lowest BCUT2D eigenvalue weighted by atomic mass is 9.92. The number of aromatic nitrogens is 1. The van der Waals surface area contributed by atoms with E-state index in [1.807, 2.05) is 12.3 Å². The maximum atomic E-state index is 13.0. The quantitative estimate of drug-likeness (QED) is 0.881. The molecule has 1 unspecified atom stereocenters. The second-order valence-electron chi connectivity index (χ2n) is 4.76. The standard InChI is InChI=1S/C15H14ClFN2/c16-12-9-11(17)6-7-13(12)19-14-5-1-3-10-4-2-8-18-15(10)14/h2,4,6-9,14,19H,1,3,5H2. The van der Waals surface area contributed by atoms with Gasteiger partial charge in [-0.25, -0.2) is 4.39 Å². The second-order valence-corrected chi connectivity index (χ2v) is 5.17. The third kappa shape index (κ3) is 2.56. The summed E-state index contributed by atoms with van der Waals surface area (Å²) in [6, 6.07) is 8.64. The summed E-state index contributed by atoms with van der Waals surface area (Å²) in [6.07, 6.45) is 5.01. The van der Waals surface area contributed by atoms with Crippen LogP contribution in [-0.4, -0.2) is 4.98 Å². The Morgan fingerprint density at radius 3 is 3.05 bits per heavy atom. The smallest absolute Gasteiger partial charge is 0.124 e. The molecule has 0 radical (unpaired) electrons. The molecule has 1 heterocycles. The van der Waals surface area contributed by atoms with Gasteiger partial charge in [0.2, 0.25) is 0 Å². The van der Waals surface area contributed by atoms with E-state index >= 15 is 0 Å². The van der Waals surface area contributed by atoms with Crippen molar-refractivity contribution in [2.75, 3.05) is 5.32 Å². The van der Waals surface area contributed by atoms with Gasteiger partial charge in [-0.3, -0.25) is 4.98 Å². The van der Waals surface area contributed by atoms with Crippen molar-refractivity contribution < 1.29 is 4.39 Å². The Labute approximate surface area is 116 Å². The number of benzene rings is 1. The summed E-state index contributed by atoms with van der Waals surface area (Å²) < 4.78 is 13.0. The topological polar surface area (TPSA) is 24.9 Å². The van der Waals surface area contributed by atoms with Gasteiger partial charge in [-0.1, -0.05) is 17.7 Å². The highest BCUT2D eigenvalue weighted by molar-refractivity contribution is 6.33. The molecule has 0 fully saturated rings. The highest BCUT2D eigenvalue weighted by Gasteiger charge is 2.21. The Morgan fingerprint density at radius 2 is 2.21 bits per heavy atom. The van der Waals surface area contributed by atoms with Crippen LogP contribution in [0.3, 0.4) is 0 Å². The van der Waals surface area contributed by atoms with Gasteiger partial charge in [0.15, 0.2) is 0 Å². The van der Waals surface area contributed by atoms with Gasteiger partial charge in [-0.2, -0.15) is 0 Å². The summed E-state index contributed by atoms with van der Waals surface area (Å²) in [5, 5.41) is 3.78. The number of fused-ring (bicyclic) bond motifs is 1. The number of halogens is 2. The first kappa shape index (κ1) is 12.4. The van der Waals surface area contributed by atoms with Crippen molar-refractivity contribution >= 4 is 17.3 Å². The summed E-state index contributed by atoms with van der Waals surface area (Å²) in [7, 11) is 0. The molecule has 0 saturated heterocycles. The SMILES string of the molecule is Fc1ccc(NC2CCCc3cccnc32)c(Cl)c1. The summed E-state index contributed by atoms with van der Waals surface area (Å²) in [5.74, 6) is -0.322. The van der Waals surface area contributed by atoms with E-state index in [0.717, 1.165) is 30.6 Å². The van der Waals surface area contributed by atoms with Gasteiger partial charge in [-0.05, 0) is 49.1 Å². The molecule has 1 atom stereocenters. The van der Waals surface area contributed by atoms with Gasteiger partial charge < -0.3 is 5.32 Å². The van der Waals surface area contributed by atoms with Gasteiger partial charge >= 0.3 is 0 Å². The monoisotopic (exact) mass is 276 g/mol. The number of hydrogen-bond donors (Lipinski definition) is 1. The predicted molar refractivity (Wildman–Crippen MR) is 74.9 cm³/mol. The molecule has 1 N–H and O–H groups in total. The van der Waals surface area contributed by atoms with E-state index < -0.39 is 0 Å². The van der Waals surface area contributed by atoms with Crippen molar-refractivity contribution in [3.8, 4) is 0 Å². The lowest BCUT2D eigenvalue weighted by Gasteiger charge is -2.26. The van der Waals surface area contributed by atoms with Crippen LogP contribution < -0.4 is 5.32 Å². The van der Waals surface area contributed by atoms with Gasteiger partial charge in [0.25, 0.3) is 0 Å². The van der Waals surface area contributed by atoms with Crippen LogP contribution in [0.2, 0.25) is 5.02 Å². The summed E-state index contributed by atoms with van der Waals surface area (Å²) in [6.45, 7) is 0.